The van der Waals surface area contributed by atoms with Crippen molar-refractivity contribution in [1.82, 2.24) is 9.80 Å². The van der Waals surface area contributed by atoms with Crippen LogP contribution >= 0.6 is 0 Å². The molecule has 0 bridgehead atoms. The van der Waals surface area contributed by atoms with E-state index in [9.17, 15) is 26.3 Å². The van der Waals surface area contributed by atoms with Crippen LogP contribution in [0.4, 0.5) is 26.3 Å². The Morgan fingerprint density at radius 2 is 1.62 bits per heavy atom. The average Bonchev–Trinajstić information content (AvgIpc) is 2.52. The van der Waals surface area contributed by atoms with Gasteiger partial charge >= 0.3 is 18.0 Å². The highest BCUT2D eigenvalue weighted by Crippen LogP contribution is 2.50. The number of nitrogens with zero attached hydrogens (tertiary/aromatic N) is 5. The van der Waals surface area contributed by atoms with Gasteiger partial charge in [0.1, 0.15) is 0 Å². The lowest BCUT2D eigenvalue weighted by Gasteiger charge is -2.44. The van der Waals surface area contributed by atoms with Crippen LogP contribution in [-0.2, 0) is 4.74 Å². The zero-order valence-corrected chi connectivity index (χ0v) is 12.0. The van der Waals surface area contributed by atoms with Crippen LogP contribution in [0.25, 0.3) is 0 Å². The first-order chi connectivity index (χ1) is 11.2. The van der Waals surface area contributed by atoms with Gasteiger partial charge < -0.3 is 9.64 Å². The molecule has 6 nitrogen and oxygen atoms in total. The fourth-order valence-corrected chi connectivity index (χ4v) is 2.48. The van der Waals surface area contributed by atoms with E-state index in [1.807, 2.05) is 0 Å². The fraction of sp³-hybridized carbons (Fsp3) is 0.583. The van der Waals surface area contributed by atoms with E-state index in [0.29, 0.717) is 6.20 Å². The molecular weight excluding hydrogens is 344 g/mol. The molecule has 0 radical (unpaired) electrons. The minimum Gasteiger partial charge on any atom is -0.378 e. The summed E-state index contributed by atoms with van der Waals surface area (Å²) in [6, 6.07) is 0. The van der Waals surface area contributed by atoms with Crippen molar-refractivity contribution in [3.05, 3.63) is 12.3 Å². The van der Waals surface area contributed by atoms with Gasteiger partial charge in [0.15, 0.2) is 0 Å². The molecule has 1 saturated heterocycles. The number of hydrogen-bond acceptors (Lipinski definition) is 6. The van der Waals surface area contributed by atoms with Crippen molar-refractivity contribution in [3.63, 3.8) is 0 Å². The van der Waals surface area contributed by atoms with Gasteiger partial charge in [0.25, 0.3) is 0 Å². The van der Waals surface area contributed by atoms with Gasteiger partial charge in [-0.25, -0.2) is 9.98 Å². The molecule has 0 unspecified atom stereocenters. The molecule has 12 heteroatoms. The lowest BCUT2D eigenvalue weighted by Crippen LogP contribution is -2.68. The van der Waals surface area contributed by atoms with Crippen LogP contribution in [0.3, 0.4) is 0 Å². The topological polar surface area (TPSA) is 52.8 Å². The number of rotatable bonds is 0. The Balaban J connectivity index is 2.17. The number of guanidine groups is 2. The van der Waals surface area contributed by atoms with E-state index in [2.05, 4.69) is 15.0 Å². The molecule has 3 aliphatic rings. The van der Waals surface area contributed by atoms with Gasteiger partial charge in [0.2, 0.25) is 11.9 Å². The van der Waals surface area contributed by atoms with Gasteiger partial charge in [-0.3, -0.25) is 4.90 Å². The zero-order valence-electron chi connectivity index (χ0n) is 12.0. The second-order valence-electron chi connectivity index (χ2n) is 5.08. The highest BCUT2D eigenvalue weighted by molar-refractivity contribution is 6.03. The maximum atomic E-state index is 13.6. The molecule has 3 heterocycles. The van der Waals surface area contributed by atoms with Crippen molar-refractivity contribution in [2.75, 3.05) is 26.3 Å². The number of aliphatic imine (C=N–C) groups is 3. The molecule has 0 amide bonds. The summed E-state index contributed by atoms with van der Waals surface area (Å²) in [5, 5.41) is 0. The van der Waals surface area contributed by atoms with Crippen LogP contribution in [0, 0.1) is 0 Å². The van der Waals surface area contributed by atoms with Crippen molar-refractivity contribution < 1.29 is 31.1 Å². The van der Waals surface area contributed by atoms with Crippen molar-refractivity contribution in [2.45, 2.75) is 18.0 Å². The minimum absolute atomic E-state index is 0.0843. The van der Waals surface area contributed by atoms with Crippen LogP contribution in [0.5, 0.6) is 0 Å². The highest BCUT2D eigenvalue weighted by Gasteiger charge is 2.76. The van der Waals surface area contributed by atoms with Crippen LogP contribution in [-0.4, -0.2) is 72.3 Å². The number of halogens is 6. The molecule has 0 atom stereocenters. The van der Waals surface area contributed by atoms with Gasteiger partial charge in [-0.15, -0.1) is 0 Å². The SMILES string of the molecule is FC(F)(F)C1(C(F)(F)F)N=C(N2CCOCC2)N=C2N=CC=CN21. The molecule has 0 spiro atoms. The number of hydrogen-bond donors (Lipinski definition) is 0. The number of ether oxygens (including phenoxy) is 1. The molecule has 132 valence electrons. The largest absolute Gasteiger partial charge is 0.442 e. The normalized spacial score (nSPS) is 23.8. The average molecular weight is 355 g/mol. The standard InChI is InChI=1S/C12H11F6N5O/c13-11(14,15)10(12(16,17)18)21-9(22-4-6-24-7-5-22)20-8-19-2-1-3-23(8)10/h1-3H,4-7H2. The van der Waals surface area contributed by atoms with Crippen molar-refractivity contribution in [2.24, 2.45) is 15.0 Å². The summed E-state index contributed by atoms with van der Waals surface area (Å²) < 4.78 is 86.3. The van der Waals surface area contributed by atoms with Gasteiger partial charge in [0.05, 0.1) is 13.2 Å². The predicted molar refractivity (Wildman–Crippen MR) is 71.6 cm³/mol. The quantitative estimate of drug-likeness (QED) is 0.623. The van der Waals surface area contributed by atoms with Crippen LogP contribution in [0.15, 0.2) is 27.3 Å². The van der Waals surface area contributed by atoms with Gasteiger partial charge in [-0.1, -0.05) is 0 Å². The second kappa shape index (κ2) is 5.46. The van der Waals surface area contributed by atoms with Crippen LogP contribution in [0.2, 0.25) is 0 Å². The van der Waals surface area contributed by atoms with Crippen molar-refractivity contribution >= 4 is 18.1 Å². The Labute approximate surface area is 131 Å². The molecule has 24 heavy (non-hydrogen) atoms. The molecule has 0 aliphatic carbocycles. The van der Waals surface area contributed by atoms with E-state index in [1.165, 1.54) is 4.90 Å². The van der Waals surface area contributed by atoms with Gasteiger partial charge in [-0.05, 0) is 6.08 Å². The van der Waals surface area contributed by atoms with Crippen molar-refractivity contribution in [1.29, 1.82) is 0 Å². The summed E-state index contributed by atoms with van der Waals surface area (Å²) in [4.78, 5) is 11.4. The molecule has 1 fully saturated rings. The first kappa shape index (κ1) is 16.7. The Bertz CT molecular complexity index is 615. The smallest absolute Gasteiger partial charge is 0.378 e. The van der Waals surface area contributed by atoms with E-state index in [1.54, 1.807) is 0 Å². The second-order valence-corrected chi connectivity index (χ2v) is 5.08. The summed E-state index contributed by atoms with van der Waals surface area (Å²) in [7, 11) is 0. The number of morpholine rings is 1. The summed E-state index contributed by atoms with van der Waals surface area (Å²) in [6.45, 7) is 0.478. The fourth-order valence-electron chi connectivity index (χ4n) is 2.48. The van der Waals surface area contributed by atoms with Crippen molar-refractivity contribution in [3.8, 4) is 0 Å². The lowest BCUT2D eigenvalue weighted by atomic mass is 10.1. The van der Waals surface area contributed by atoms with E-state index in [4.69, 9.17) is 4.74 Å². The monoisotopic (exact) mass is 355 g/mol. The Morgan fingerprint density at radius 1 is 1.00 bits per heavy atom. The van der Waals surface area contributed by atoms with E-state index in [-0.39, 0.29) is 31.2 Å². The zero-order chi connectivity index (χ0) is 17.6. The third kappa shape index (κ3) is 2.44. The third-order valence-electron chi connectivity index (χ3n) is 3.62. The van der Waals surface area contributed by atoms with Gasteiger partial charge in [0, 0.05) is 25.5 Å². The van der Waals surface area contributed by atoms with E-state index >= 15 is 0 Å². The summed E-state index contributed by atoms with van der Waals surface area (Å²) in [5.41, 5.74) is -4.47. The van der Waals surface area contributed by atoms with Gasteiger partial charge in [-0.2, -0.15) is 31.3 Å². The molecule has 0 saturated carbocycles. The molecule has 0 aromatic carbocycles. The highest BCUT2D eigenvalue weighted by atomic mass is 19.4. The molecular formula is C12H11F6N5O. The predicted octanol–water partition coefficient (Wildman–Crippen LogP) is 1.77. The van der Waals surface area contributed by atoms with E-state index < -0.39 is 29.9 Å². The molecule has 3 rings (SSSR count). The third-order valence-corrected chi connectivity index (χ3v) is 3.62. The van der Waals surface area contributed by atoms with Crippen LogP contribution < -0.4 is 0 Å². The first-order valence-corrected chi connectivity index (χ1v) is 6.82. The Morgan fingerprint density at radius 3 is 2.21 bits per heavy atom. The maximum absolute atomic E-state index is 13.6. The Hall–Kier alpha value is -2.11. The molecule has 0 N–H and O–H groups in total. The number of alkyl halides is 6. The number of fused-ring (bicyclic) bond motifs is 1. The summed E-state index contributed by atoms with van der Waals surface area (Å²) >= 11 is 0. The number of allylic oxidation sites excluding steroid dienone is 1. The minimum atomic E-state index is -5.73. The summed E-state index contributed by atoms with van der Waals surface area (Å²) in [6.07, 6.45) is -8.83. The lowest BCUT2D eigenvalue weighted by molar-refractivity contribution is -0.323. The van der Waals surface area contributed by atoms with E-state index in [0.717, 1.165) is 12.3 Å². The summed E-state index contributed by atoms with van der Waals surface area (Å²) in [5.74, 6) is -1.38. The Kier molecular flexibility index (Phi) is 3.81. The molecule has 3 aliphatic heterocycles. The molecule has 0 aromatic rings. The maximum Gasteiger partial charge on any atom is 0.442 e. The first-order valence-electron chi connectivity index (χ1n) is 6.82. The van der Waals surface area contributed by atoms with Crippen LogP contribution in [0.1, 0.15) is 0 Å². The molecule has 0 aromatic heterocycles.